The fourth-order valence-electron chi connectivity index (χ4n) is 4.10. The van der Waals surface area contributed by atoms with Crippen molar-refractivity contribution in [3.05, 3.63) is 70.9 Å². The lowest BCUT2D eigenvalue weighted by Crippen LogP contribution is -2.40. The first kappa shape index (κ1) is 23.5. The Kier molecular flexibility index (Phi) is 6.17. The van der Waals surface area contributed by atoms with Crippen LogP contribution < -0.4 is 26.1 Å². The average Bonchev–Trinajstić information content (AvgIpc) is 2.83. The van der Waals surface area contributed by atoms with E-state index in [0.717, 1.165) is 29.2 Å². The number of alkyl halides is 3. The van der Waals surface area contributed by atoms with Crippen LogP contribution in [0.5, 0.6) is 5.75 Å². The first-order valence-electron chi connectivity index (χ1n) is 11.5. The fraction of sp³-hybridized carbons (Fsp3) is 0.231. The Morgan fingerprint density at radius 3 is 2.44 bits per heavy atom. The average molecular weight is 493 g/mol. The highest BCUT2D eigenvalue weighted by Gasteiger charge is 2.31. The maximum absolute atomic E-state index is 12.7. The highest BCUT2D eigenvalue weighted by atomic mass is 19.4. The van der Waals surface area contributed by atoms with Gasteiger partial charge in [0, 0.05) is 24.1 Å². The van der Waals surface area contributed by atoms with Gasteiger partial charge in [0.25, 0.3) is 0 Å². The minimum Gasteiger partial charge on any atom is -0.406 e. The van der Waals surface area contributed by atoms with Crippen molar-refractivity contribution in [1.82, 2.24) is 19.5 Å². The molecule has 7 nitrogen and oxygen atoms in total. The molecule has 1 aromatic carbocycles. The second kappa shape index (κ2) is 9.44. The second-order valence-electron chi connectivity index (χ2n) is 8.52. The molecule has 2 heterocycles. The summed E-state index contributed by atoms with van der Waals surface area (Å²) in [4.78, 5) is 18.2. The number of hydrogen-bond acceptors (Lipinski definition) is 6. The second-order valence-corrected chi connectivity index (χ2v) is 8.52. The zero-order valence-corrected chi connectivity index (χ0v) is 19.6. The van der Waals surface area contributed by atoms with E-state index in [1.54, 1.807) is 30.6 Å². The molecule has 1 aliphatic heterocycles. The lowest BCUT2D eigenvalue weighted by atomic mass is 10.1. The molecule has 184 valence electrons. The van der Waals surface area contributed by atoms with E-state index in [0.29, 0.717) is 28.4 Å². The summed E-state index contributed by atoms with van der Waals surface area (Å²) in [5, 5.41) is 5.61. The number of rotatable bonds is 5. The van der Waals surface area contributed by atoms with Gasteiger partial charge in [0.1, 0.15) is 5.75 Å². The monoisotopic (exact) mass is 492 g/mol. The molecule has 10 heteroatoms. The van der Waals surface area contributed by atoms with E-state index in [9.17, 15) is 13.2 Å². The van der Waals surface area contributed by atoms with Crippen LogP contribution in [0.3, 0.4) is 0 Å². The van der Waals surface area contributed by atoms with Crippen molar-refractivity contribution in [3.8, 4) is 22.8 Å². The van der Waals surface area contributed by atoms with Gasteiger partial charge in [-0.1, -0.05) is 12.2 Å². The molecule has 0 radical (unpaired) electrons. The molecule has 0 spiro atoms. The number of anilines is 2. The van der Waals surface area contributed by atoms with Crippen LogP contribution in [0.15, 0.2) is 59.9 Å². The van der Waals surface area contributed by atoms with Crippen LogP contribution in [0.4, 0.5) is 24.8 Å². The number of hydrogen-bond donors (Lipinski definition) is 1. The number of aromatic nitrogens is 4. The van der Waals surface area contributed by atoms with E-state index in [2.05, 4.69) is 32.2 Å². The van der Waals surface area contributed by atoms with E-state index < -0.39 is 6.36 Å². The number of nitrogens with one attached hydrogen (secondary N) is 1. The Morgan fingerprint density at radius 2 is 1.75 bits per heavy atom. The molecule has 0 unspecified atom stereocenters. The van der Waals surface area contributed by atoms with Gasteiger partial charge >= 0.3 is 6.36 Å². The molecule has 0 fully saturated rings. The lowest BCUT2D eigenvalue weighted by molar-refractivity contribution is -0.274. The van der Waals surface area contributed by atoms with Crippen molar-refractivity contribution in [2.75, 3.05) is 5.32 Å². The van der Waals surface area contributed by atoms with E-state index in [4.69, 9.17) is 9.98 Å². The maximum Gasteiger partial charge on any atom is 0.573 e. The lowest BCUT2D eigenvalue weighted by Gasteiger charge is -2.20. The summed E-state index contributed by atoms with van der Waals surface area (Å²) in [6, 6.07) is 11.4. The Labute approximate surface area is 204 Å². The number of halogens is 3. The Hall–Kier alpha value is -4.21. The Bertz CT molecular complexity index is 1540. The fourth-order valence-corrected chi connectivity index (χ4v) is 4.10. The molecule has 1 N–H and O–H groups in total. The molecule has 2 aliphatic carbocycles. The van der Waals surface area contributed by atoms with Gasteiger partial charge in [0.15, 0.2) is 0 Å². The molecule has 0 saturated carbocycles. The van der Waals surface area contributed by atoms with Gasteiger partial charge in [-0.05, 0) is 69.2 Å². The van der Waals surface area contributed by atoms with Crippen molar-refractivity contribution in [2.45, 2.75) is 39.1 Å². The molecule has 5 rings (SSSR count). The van der Waals surface area contributed by atoms with Crippen LogP contribution in [0, 0.1) is 0 Å². The van der Waals surface area contributed by atoms with Gasteiger partial charge in [-0.3, -0.25) is 4.99 Å². The molecular weight excluding hydrogens is 469 g/mol. The van der Waals surface area contributed by atoms with Crippen molar-refractivity contribution in [1.29, 1.82) is 0 Å². The van der Waals surface area contributed by atoms with Crippen molar-refractivity contribution < 1.29 is 17.9 Å². The predicted molar refractivity (Wildman–Crippen MR) is 130 cm³/mol. The highest BCUT2D eigenvalue weighted by Crippen LogP contribution is 2.26. The maximum atomic E-state index is 12.7. The number of fused-ring (bicyclic) bond motifs is 2. The molecular formula is C26H23F3N6O. The third-order valence-electron chi connectivity index (χ3n) is 5.46. The van der Waals surface area contributed by atoms with Crippen LogP contribution in [0.2, 0.25) is 0 Å². The molecule has 3 aliphatic rings. The molecule has 2 aromatic rings. The van der Waals surface area contributed by atoms with E-state index in [-0.39, 0.29) is 11.8 Å². The highest BCUT2D eigenvalue weighted by molar-refractivity contribution is 5.69. The topological polar surface area (TPSA) is 77.2 Å². The molecule has 0 bridgehead atoms. The van der Waals surface area contributed by atoms with Crippen molar-refractivity contribution in [2.24, 2.45) is 4.99 Å². The Morgan fingerprint density at radius 1 is 1.03 bits per heavy atom. The summed E-state index contributed by atoms with van der Waals surface area (Å²) in [5.41, 5.74) is 2.85. The SMILES string of the molecule is CC(C)N=c1cc2n(-c3ccc(OC(F)(F)F)cc3)c3c(nc-2cc1Nc1ncccn1)=CCCC=3. The summed E-state index contributed by atoms with van der Waals surface area (Å²) in [7, 11) is 0. The van der Waals surface area contributed by atoms with Crippen LogP contribution in [-0.4, -0.2) is 31.9 Å². The number of ether oxygens (including phenoxy) is 1. The summed E-state index contributed by atoms with van der Waals surface area (Å²) >= 11 is 0. The number of nitrogens with zero attached hydrogens (tertiary/aromatic N) is 5. The first-order valence-corrected chi connectivity index (χ1v) is 11.5. The van der Waals surface area contributed by atoms with E-state index >= 15 is 0 Å². The van der Waals surface area contributed by atoms with Crippen LogP contribution in [0.1, 0.15) is 26.7 Å². The summed E-state index contributed by atoms with van der Waals surface area (Å²) < 4.78 is 44.1. The van der Waals surface area contributed by atoms with Gasteiger partial charge in [-0.2, -0.15) is 0 Å². The third kappa shape index (κ3) is 5.07. The largest absolute Gasteiger partial charge is 0.573 e. The molecule has 0 saturated heterocycles. The molecule has 0 amide bonds. The van der Waals surface area contributed by atoms with Gasteiger partial charge in [-0.25, -0.2) is 15.0 Å². The third-order valence-corrected chi connectivity index (χ3v) is 5.46. The van der Waals surface area contributed by atoms with Gasteiger partial charge in [-0.15, -0.1) is 13.2 Å². The zero-order chi connectivity index (χ0) is 25.3. The molecule has 0 atom stereocenters. The van der Waals surface area contributed by atoms with Gasteiger partial charge < -0.3 is 14.6 Å². The smallest absolute Gasteiger partial charge is 0.406 e. The summed E-state index contributed by atoms with van der Waals surface area (Å²) in [6.45, 7) is 3.96. The zero-order valence-electron chi connectivity index (χ0n) is 19.6. The van der Waals surface area contributed by atoms with Crippen molar-refractivity contribution >= 4 is 23.8 Å². The molecule has 1 aromatic heterocycles. The van der Waals surface area contributed by atoms with E-state index in [1.165, 1.54) is 12.1 Å². The summed E-state index contributed by atoms with van der Waals surface area (Å²) in [5.74, 6) is 0.155. The number of benzene rings is 2. The minimum absolute atomic E-state index is 0.0115. The predicted octanol–water partition coefficient (Wildman–Crippen LogP) is 4.07. The summed E-state index contributed by atoms with van der Waals surface area (Å²) in [6.07, 6.45) is 4.39. The standard InChI is InChI=1S/C26H23F3N6O/c1-16(2)32-21-15-24-22(14-20(21)34-25-30-12-5-13-31-25)33-19-6-3-4-7-23(19)35(24)17-8-10-18(11-9-17)36-26(27,28)29/h5-16H,3-4H2,1-2H3,(H,30,31,34). The van der Waals surface area contributed by atoms with E-state index in [1.807, 2.05) is 30.5 Å². The normalized spacial score (nSPS) is 13.8. The minimum atomic E-state index is -4.75. The van der Waals surface area contributed by atoms with Gasteiger partial charge in [0.2, 0.25) is 5.95 Å². The van der Waals surface area contributed by atoms with Gasteiger partial charge in [0.05, 0.1) is 33.1 Å². The Balaban J connectivity index is 1.74. The van der Waals surface area contributed by atoms with Crippen LogP contribution in [-0.2, 0) is 0 Å². The quantitative estimate of drug-likeness (QED) is 0.455. The van der Waals surface area contributed by atoms with Crippen LogP contribution in [0.25, 0.3) is 29.2 Å². The van der Waals surface area contributed by atoms with Crippen molar-refractivity contribution in [3.63, 3.8) is 0 Å². The van der Waals surface area contributed by atoms with Crippen LogP contribution >= 0.6 is 0 Å². The molecule has 36 heavy (non-hydrogen) atoms. The first-order chi connectivity index (χ1) is 17.3.